The Labute approximate surface area is 165 Å². The Morgan fingerprint density at radius 1 is 1.04 bits per heavy atom. The second-order valence-corrected chi connectivity index (χ2v) is 6.85. The van der Waals surface area contributed by atoms with Crippen LogP contribution in [0.25, 0.3) is 0 Å². The normalized spacial score (nSPS) is 13.7. The highest BCUT2D eigenvalue weighted by Gasteiger charge is 2.17. The van der Waals surface area contributed by atoms with Crippen molar-refractivity contribution in [3.8, 4) is 5.75 Å². The highest BCUT2D eigenvalue weighted by atomic mass is 32.1. The summed E-state index contributed by atoms with van der Waals surface area (Å²) in [6, 6.07) is 15.1. The Morgan fingerprint density at radius 2 is 1.74 bits per heavy atom. The number of nitrogens with zero attached hydrogens (tertiary/aromatic N) is 1. The van der Waals surface area contributed by atoms with E-state index in [4.69, 9.17) is 17.0 Å². The maximum Gasteiger partial charge on any atom is 0.253 e. The minimum absolute atomic E-state index is 0.104. The van der Waals surface area contributed by atoms with Gasteiger partial charge in [0.2, 0.25) is 0 Å². The molecule has 0 bridgehead atoms. The number of hydrogen-bond acceptors (Lipinski definition) is 3. The molecule has 1 fully saturated rings. The first kappa shape index (κ1) is 19.2. The number of nitrogens with one attached hydrogen (secondary N) is 2. The molecule has 5 nitrogen and oxygen atoms in total. The van der Waals surface area contributed by atoms with E-state index in [1.165, 1.54) is 6.42 Å². The van der Waals surface area contributed by atoms with Gasteiger partial charge in [0.1, 0.15) is 5.75 Å². The van der Waals surface area contributed by atoms with Crippen molar-refractivity contribution in [2.45, 2.75) is 26.2 Å². The Bertz CT molecular complexity index is 786. The molecule has 2 aromatic rings. The predicted octanol–water partition coefficient (Wildman–Crippen LogP) is 4.52. The number of anilines is 2. The number of ether oxygens (including phenoxy) is 1. The molecule has 1 saturated heterocycles. The molecule has 1 amide bonds. The summed E-state index contributed by atoms with van der Waals surface area (Å²) in [6.07, 6.45) is 3.40. The Hall–Kier alpha value is -2.60. The topological polar surface area (TPSA) is 53.6 Å². The van der Waals surface area contributed by atoms with E-state index < -0.39 is 0 Å². The summed E-state index contributed by atoms with van der Waals surface area (Å²) in [5.41, 5.74) is 2.35. The van der Waals surface area contributed by atoms with Gasteiger partial charge in [0.05, 0.1) is 12.3 Å². The molecule has 0 atom stereocenters. The van der Waals surface area contributed by atoms with E-state index in [9.17, 15) is 4.79 Å². The molecule has 2 N–H and O–H groups in total. The van der Waals surface area contributed by atoms with Gasteiger partial charge in [0, 0.05) is 24.3 Å². The molecule has 0 spiro atoms. The van der Waals surface area contributed by atoms with E-state index in [1.807, 2.05) is 60.4 Å². The number of piperidine rings is 1. The highest BCUT2D eigenvalue weighted by Crippen LogP contribution is 2.24. The van der Waals surface area contributed by atoms with E-state index in [0.717, 1.165) is 43.1 Å². The molecule has 1 aliphatic rings. The molecule has 0 radical (unpaired) electrons. The summed E-state index contributed by atoms with van der Waals surface area (Å²) >= 11 is 5.40. The van der Waals surface area contributed by atoms with E-state index in [2.05, 4.69) is 10.6 Å². The van der Waals surface area contributed by atoms with Gasteiger partial charge in [-0.25, -0.2) is 0 Å². The predicted molar refractivity (Wildman–Crippen MR) is 114 cm³/mol. The van der Waals surface area contributed by atoms with Gasteiger partial charge in [0.15, 0.2) is 5.11 Å². The number of para-hydroxylation sites is 2. The van der Waals surface area contributed by atoms with Gasteiger partial charge >= 0.3 is 0 Å². The summed E-state index contributed by atoms with van der Waals surface area (Å²) in [6.45, 7) is 4.24. The molecule has 142 valence electrons. The quantitative estimate of drug-likeness (QED) is 0.744. The largest absolute Gasteiger partial charge is 0.492 e. The Balaban J connectivity index is 1.59. The van der Waals surface area contributed by atoms with E-state index in [0.29, 0.717) is 17.3 Å². The number of carbonyl (C=O) groups excluding carboxylic acids is 1. The monoisotopic (exact) mass is 383 g/mol. The molecule has 0 saturated carbocycles. The summed E-state index contributed by atoms with van der Waals surface area (Å²) < 4.78 is 5.60. The fraction of sp³-hybridized carbons (Fsp3) is 0.333. The molecule has 1 aliphatic heterocycles. The van der Waals surface area contributed by atoms with Crippen molar-refractivity contribution in [3.63, 3.8) is 0 Å². The van der Waals surface area contributed by atoms with Crippen molar-refractivity contribution in [2.24, 2.45) is 0 Å². The van der Waals surface area contributed by atoms with Crippen molar-refractivity contribution in [1.29, 1.82) is 0 Å². The van der Waals surface area contributed by atoms with E-state index in [-0.39, 0.29) is 5.91 Å². The number of thiocarbonyl (C=S) groups is 1. The van der Waals surface area contributed by atoms with Gasteiger partial charge < -0.3 is 20.3 Å². The lowest BCUT2D eigenvalue weighted by Gasteiger charge is -2.26. The number of benzene rings is 2. The zero-order chi connectivity index (χ0) is 19.1. The fourth-order valence-electron chi connectivity index (χ4n) is 3.11. The van der Waals surface area contributed by atoms with E-state index >= 15 is 0 Å². The number of rotatable bonds is 5. The minimum atomic E-state index is 0.104. The second-order valence-electron chi connectivity index (χ2n) is 6.44. The van der Waals surface area contributed by atoms with Crippen molar-refractivity contribution >= 4 is 34.6 Å². The average Bonchev–Trinajstić information content (AvgIpc) is 2.70. The average molecular weight is 384 g/mol. The van der Waals surface area contributed by atoms with Crippen molar-refractivity contribution in [1.82, 2.24) is 4.90 Å². The molecule has 3 rings (SSSR count). The molecule has 2 aromatic carbocycles. The standard InChI is InChI=1S/C21H25N3O2S/c1-2-26-19-9-5-4-8-18(19)23-21(27)22-17-12-10-16(11-13-17)20(25)24-14-6-3-7-15-24/h4-5,8-13H,2-3,6-7,14-15H2,1H3,(H2,22,23,27). The van der Waals surface area contributed by atoms with Gasteiger partial charge in [-0.15, -0.1) is 0 Å². The molecule has 27 heavy (non-hydrogen) atoms. The zero-order valence-electron chi connectivity index (χ0n) is 15.5. The van der Waals surface area contributed by atoms with Crippen LogP contribution >= 0.6 is 12.2 Å². The molecule has 0 aliphatic carbocycles. The Kier molecular flexibility index (Phi) is 6.65. The number of carbonyl (C=O) groups is 1. The number of amides is 1. The molecule has 0 unspecified atom stereocenters. The third-order valence-electron chi connectivity index (χ3n) is 4.47. The molecule has 0 aromatic heterocycles. The van der Waals surface area contributed by atoms with Crippen LogP contribution in [0.5, 0.6) is 5.75 Å². The SMILES string of the molecule is CCOc1ccccc1NC(=S)Nc1ccc(C(=O)N2CCCCC2)cc1. The fourth-order valence-corrected chi connectivity index (χ4v) is 3.34. The van der Waals surface area contributed by atoms with Gasteiger partial charge in [-0.2, -0.15) is 0 Å². The van der Waals surface area contributed by atoms with Crippen LogP contribution in [0.2, 0.25) is 0 Å². The third kappa shape index (κ3) is 5.20. The zero-order valence-corrected chi connectivity index (χ0v) is 16.3. The summed E-state index contributed by atoms with van der Waals surface area (Å²) in [4.78, 5) is 14.5. The number of likely N-dealkylation sites (tertiary alicyclic amines) is 1. The van der Waals surface area contributed by atoms with Crippen LogP contribution in [0.15, 0.2) is 48.5 Å². The van der Waals surface area contributed by atoms with Gasteiger partial charge in [-0.3, -0.25) is 4.79 Å². The van der Waals surface area contributed by atoms with Crippen LogP contribution in [0.1, 0.15) is 36.5 Å². The van der Waals surface area contributed by atoms with Gasteiger partial charge in [-0.05, 0) is 74.8 Å². The van der Waals surface area contributed by atoms with Crippen LogP contribution in [-0.2, 0) is 0 Å². The van der Waals surface area contributed by atoms with Crippen LogP contribution in [0, 0.1) is 0 Å². The molecular formula is C21H25N3O2S. The smallest absolute Gasteiger partial charge is 0.253 e. The third-order valence-corrected chi connectivity index (χ3v) is 4.67. The van der Waals surface area contributed by atoms with E-state index in [1.54, 1.807) is 0 Å². The minimum Gasteiger partial charge on any atom is -0.492 e. The highest BCUT2D eigenvalue weighted by molar-refractivity contribution is 7.80. The lowest BCUT2D eigenvalue weighted by molar-refractivity contribution is 0.0724. The molecule has 6 heteroatoms. The first-order valence-corrected chi connectivity index (χ1v) is 9.77. The summed E-state index contributed by atoms with van der Waals surface area (Å²) in [7, 11) is 0. The van der Waals surface area contributed by atoms with Gasteiger partial charge in [-0.1, -0.05) is 12.1 Å². The van der Waals surface area contributed by atoms with Gasteiger partial charge in [0.25, 0.3) is 5.91 Å². The molecule has 1 heterocycles. The van der Waals surface area contributed by atoms with Crippen LogP contribution in [0.3, 0.4) is 0 Å². The lowest BCUT2D eigenvalue weighted by Crippen LogP contribution is -2.35. The van der Waals surface area contributed by atoms with Crippen molar-refractivity contribution < 1.29 is 9.53 Å². The maximum absolute atomic E-state index is 12.5. The summed E-state index contributed by atoms with van der Waals surface area (Å²) in [5.74, 6) is 0.860. The van der Waals surface area contributed by atoms with Crippen molar-refractivity contribution in [3.05, 3.63) is 54.1 Å². The Morgan fingerprint density at radius 3 is 2.44 bits per heavy atom. The van der Waals surface area contributed by atoms with Crippen LogP contribution in [-0.4, -0.2) is 35.6 Å². The first-order chi connectivity index (χ1) is 13.2. The number of hydrogen-bond donors (Lipinski definition) is 2. The van der Waals surface area contributed by atoms with Crippen LogP contribution < -0.4 is 15.4 Å². The van der Waals surface area contributed by atoms with Crippen molar-refractivity contribution in [2.75, 3.05) is 30.3 Å². The lowest BCUT2D eigenvalue weighted by atomic mass is 10.1. The second kappa shape index (κ2) is 9.37. The first-order valence-electron chi connectivity index (χ1n) is 9.36. The van der Waals surface area contributed by atoms with Crippen LogP contribution in [0.4, 0.5) is 11.4 Å². The summed E-state index contributed by atoms with van der Waals surface area (Å²) in [5, 5.41) is 6.77. The maximum atomic E-state index is 12.5. The molecular weight excluding hydrogens is 358 g/mol.